The highest BCUT2D eigenvalue weighted by atomic mass is 16.6. The van der Waals surface area contributed by atoms with Crippen LogP contribution < -0.4 is 5.32 Å². The molecule has 1 heterocycles. The van der Waals surface area contributed by atoms with E-state index in [0.717, 1.165) is 5.56 Å². The summed E-state index contributed by atoms with van der Waals surface area (Å²) in [4.78, 5) is 23.9. The Labute approximate surface area is 129 Å². The fourth-order valence-corrected chi connectivity index (χ4v) is 1.90. The van der Waals surface area contributed by atoms with Gasteiger partial charge in [0.05, 0.1) is 6.04 Å². The monoisotopic (exact) mass is 305 g/mol. The lowest BCUT2D eigenvalue weighted by Crippen LogP contribution is -2.37. The molecule has 1 aromatic carbocycles. The van der Waals surface area contributed by atoms with Gasteiger partial charge in [-0.3, -0.25) is 4.79 Å². The van der Waals surface area contributed by atoms with Crippen LogP contribution in [-0.2, 0) is 23.8 Å². The van der Waals surface area contributed by atoms with Crippen molar-refractivity contribution in [2.45, 2.75) is 26.0 Å². The van der Waals surface area contributed by atoms with E-state index in [2.05, 4.69) is 5.32 Å². The average Bonchev–Trinajstić information content (AvgIpc) is 2.56. The van der Waals surface area contributed by atoms with Crippen molar-refractivity contribution in [3.05, 3.63) is 47.9 Å². The number of carbonyl (C=O) groups is 2. The SMILES string of the molecule is C[C@H](NC(=O)[C@@H](C)OC(=O)C1=COCCO1)c1ccccc1. The number of benzene rings is 1. The van der Waals surface area contributed by atoms with Crippen LogP contribution in [0.5, 0.6) is 0 Å². The fourth-order valence-electron chi connectivity index (χ4n) is 1.90. The molecule has 1 aliphatic rings. The van der Waals surface area contributed by atoms with Crippen LogP contribution >= 0.6 is 0 Å². The zero-order valence-corrected chi connectivity index (χ0v) is 12.6. The number of amides is 1. The third-order valence-electron chi connectivity index (χ3n) is 3.16. The summed E-state index contributed by atoms with van der Waals surface area (Å²) in [7, 11) is 0. The summed E-state index contributed by atoms with van der Waals surface area (Å²) in [5.74, 6) is -1.11. The maximum atomic E-state index is 12.1. The van der Waals surface area contributed by atoms with Gasteiger partial charge in [-0.1, -0.05) is 30.3 Å². The predicted molar refractivity (Wildman–Crippen MR) is 78.5 cm³/mol. The van der Waals surface area contributed by atoms with Gasteiger partial charge in [-0.25, -0.2) is 4.79 Å². The Hall–Kier alpha value is -2.50. The van der Waals surface area contributed by atoms with E-state index in [1.807, 2.05) is 37.3 Å². The molecule has 0 bridgehead atoms. The topological polar surface area (TPSA) is 73.9 Å². The molecule has 0 saturated carbocycles. The molecule has 118 valence electrons. The van der Waals surface area contributed by atoms with Crippen LogP contribution in [0.1, 0.15) is 25.5 Å². The van der Waals surface area contributed by atoms with Gasteiger partial charge in [0, 0.05) is 0 Å². The van der Waals surface area contributed by atoms with Crippen molar-refractivity contribution in [2.75, 3.05) is 13.2 Å². The van der Waals surface area contributed by atoms with Crippen LogP contribution in [-0.4, -0.2) is 31.2 Å². The lowest BCUT2D eigenvalue weighted by molar-refractivity contribution is -0.155. The van der Waals surface area contributed by atoms with Gasteiger partial charge in [-0.2, -0.15) is 0 Å². The van der Waals surface area contributed by atoms with Crippen LogP contribution in [0, 0.1) is 0 Å². The summed E-state index contributed by atoms with van der Waals surface area (Å²) in [5.41, 5.74) is 0.973. The van der Waals surface area contributed by atoms with Gasteiger partial charge in [-0.15, -0.1) is 0 Å². The first-order valence-electron chi connectivity index (χ1n) is 7.09. The number of hydrogen-bond donors (Lipinski definition) is 1. The fraction of sp³-hybridized carbons (Fsp3) is 0.375. The molecule has 22 heavy (non-hydrogen) atoms. The molecule has 0 aromatic heterocycles. The molecule has 0 saturated heterocycles. The number of carbonyl (C=O) groups excluding carboxylic acids is 2. The molecule has 6 heteroatoms. The molecule has 2 rings (SSSR count). The minimum absolute atomic E-state index is 0.0259. The van der Waals surface area contributed by atoms with Gasteiger partial charge in [-0.05, 0) is 19.4 Å². The Morgan fingerprint density at radius 1 is 1.18 bits per heavy atom. The molecule has 1 aliphatic heterocycles. The standard InChI is InChI=1S/C16H19NO5/c1-11(13-6-4-3-5-7-13)17-15(18)12(2)22-16(19)14-10-20-8-9-21-14/h3-7,10-12H,8-9H2,1-2H3,(H,17,18)/t11-,12+/m0/s1. The molecule has 1 amide bonds. The van der Waals surface area contributed by atoms with E-state index in [9.17, 15) is 9.59 Å². The molecule has 0 radical (unpaired) electrons. The first-order valence-corrected chi connectivity index (χ1v) is 7.09. The van der Waals surface area contributed by atoms with Crippen molar-refractivity contribution >= 4 is 11.9 Å². The van der Waals surface area contributed by atoms with Gasteiger partial charge in [0.25, 0.3) is 5.91 Å². The van der Waals surface area contributed by atoms with Crippen LogP contribution in [0.15, 0.2) is 42.4 Å². The van der Waals surface area contributed by atoms with Gasteiger partial charge in [0.2, 0.25) is 5.76 Å². The van der Waals surface area contributed by atoms with Crippen molar-refractivity contribution in [3.63, 3.8) is 0 Å². The van der Waals surface area contributed by atoms with E-state index in [1.54, 1.807) is 0 Å². The Balaban J connectivity index is 1.86. The second-order valence-corrected chi connectivity index (χ2v) is 4.89. The maximum absolute atomic E-state index is 12.1. The lowest BCUT2D eigenvalue weighted by Gasteiger charge is -2.19. The summed E-state index contributed by atoms with van der Waals surface area (Å²) in [6.45, 7) is 4.05. The summed E-state index contributed by atoms with van der Waals surface area (Å²) in [5, 5.41) is 2.80. The third kappa shape index (κ3) is 4.25. The van der Waals surface area contributed by atoms with Crippen LogP contribution in [0.3, 0.4) is 0 Å². The number of hydrogen-bond acceptors (Lipinski definition) is 5. The van der Waals surface area contributed by atoms with Crippen molar-refractivity contribution < 1.29 is 23.8 Å². The number of nitrogens with one attached hydrogen (secondary N) is 1. The molecule has 1 N–H and O–H groups in total. The number of esters is 1. The zero-order valence-electron chi connectivity index (χ0n) is 12.6. The Morgan fingerprint density at radius 2 is 1.91 bits per heavy atom. The molecule has 6 nitrogen and oxygen atoms in total. The number of rotatable bonds is 5. The van der Waals surface area contributed by atoms with E-state index in [4.69, 9.17) is 14.2 Å². The summed E-state index contributed by atoms with van der Waals surface area (Å²) in [6, 6.07) is 9.35. The first-order chi connectivity index (χ1) is 10.6. The first kappa shape index (κ1) is 15.9. The van der Waals surface area contributed by atoms with Crippen LogP contribution in [0.4, 0.5) is 0 Å². The molecule has 0 spiro atoms. The van der Waals surface area contributed by atoms with Crippen LogP contribution in [0.25, 0.3) is 0 Å². The predicted octanol–water partition coefficient (Wildman–Crippen LogP) is 1.68. The van der Waals surface area contributed by atoms with Gasteiger partial charge >= 0.3 is 5.97 Å². The van der Waals surface area contributed by atoms with Gasteiger partial charge < -0.3 is 19.5 Å². The number of ether oxygens (including phenoxy) is 3. The highest BCUT2D eigenvalue weighted by molar-refractivity contribution is 5.89. The lowest BCUT2D eigenvalue weighted by atomic mass is 10.1. The molecule has 0 unspecified atom stereocenters. The van der Waals surface area contributed by atoms with Crippen molar-refractivity contribution in [1.82, 2.24) is 5.32 Å². The Kier molecular flexibility index (Phi) is 5.41. The molecule has 0 aliphatic carbocycles. The highest BCUT2D eigenvalue weighted by Crippen LogP contribution is 2.12. The van der Waals surface area contributed by atoms with Gasteiger partial charge in [0.15, 0.2) is 6.10 Å². The van der Waals surface area contributed by atoms with E-state index in [1.165, 1.54) is 13.2 Å². The quantitative estimate of drug-likeness (QED) is 0.838. The van der Waals surface area contributed by atoms with Crippen molar-refractivity contribution in [1.29, 1.82) is 0 Å². The average molecular weight is 305 g/mol. The van der Waals surface area contributed by atoms with E-state index in [-0.39, 0.29) is 24.3 Å². The Morgan fingerprint density at radius 3 is 2.55 bits per heavy atom. The summed E-state index contributed by atoms with van der Waals surface area (Å²) in [6.07, 6.45) is 0.272. The van der Waals surface area contributed by atoms with Crippen molar-refractivity contribution in [2.24, 2.45) is 0 Å². The second-order valence-electron chi connectivity index (χ2n) is 4.89. The normalized spacial score (nSPS) is 16.4. The molecule has 1 aromatic rings. The Bertz CT molecular complexity index is 555. The molecule has 2 atom stereocenters. The van der Waals surface area contributed by atoms with E-state index < -0.39 is 12.1 Å². The smallest absolute Gasteiger partial charge is 0.377 e. The largest absolute Gasteiger partial charge is 0.493 e. The summed E-state index contributed by atoms with van der Waals surface area (Å²) < 4.78 is 15.1. The maximum Gasteiger partial charge on any atom is 0.377 e. The molecule has 0 fully saturated rings. The van der Waals surface area contributed by atoms with E-state index >= 15 is 0 Å². The summed E-state index contributed by atoms with van der Waals surface area (Å²) >= 11 is 0. The molecular formula is C16H19NO5. The van der Waals surface area contributed by atoms with E-state index in [0.29, 0.717) is 6.61 Å². The molecular weight excluding hydrogens is 286 g/mol. The second kappa shape index (κ2) is 7.49. The third-order valence-corrected chi connectivity index (χ3v) is 3.16. The van der Waals surface area contributed by atoms with Gasteiger partial charge in [0.1, 0.15) is 19.5 Å². The van der Waals surface area contributed by atoms with Crippen LogP contribution in [0.2, 0.25) is 0 Å². The van der Waals surface area contributed by atoms with Crippen molar-refractivity contribution in [3.8, 4) is 0 Å². The minimum atomic E-state index is -0.926. The zero-order chi connectivity index (χ0) is 15.9. The minimum Gasteiger partial charge on any atom is -0.493 e. The highest BCUT2D eigenvalue weighted by Gasteiger charge is 2.24.